The van der Waals surface area contributed by atoms with Crippen LogP contribution in [0.1, 0.15) is 28.2 Å². The van der Waals surface area contributed by atoms with Crippen LogP contribution in [0.25, 0.3) is 10.6 Å². The van der Waals surface area contributed by atoms with Gasteiger partial charge < -0.3 is 25.0 Å². The van der Waals surface area contributed by atoms with Crippen molar-refractivity contribution in [3.63, 3.8) is 0 Å². The number of carbonyl (C=O) groups excluding carboxylic acids is 1. The maximum atomic E-state index is 12.8. The van der Waals surface area contributed by atoms with Crippen LogP contribution in [-0.2, 0) is 0 Å². The number of rotatable bonds is 11. The SMILES string of the molecule is COc1ccc(Nc2nccc(-c3ccc(C(=O)NC(C)c4ccccc4)s3)n2)cc1OCCN(C)C. The molecule has 4 rings (SSSR count). The number of carbonyl (C=O) groups is 1. The fourth-order valence-corrected chi connectivity index (χ4v) is 4.46. The summed E-state index contributed by atoms with van der Waals surface area (Å²) in [5.41, 5.74) is 2.57. The number of nitrogens with zero attached hydrogens (tertiary/aromatic N) is 3. The monoisotopic (exact) mass is 517 g/mol. The van der Waals surface area contributed by atoms with E-state index in [1.165, 1.54) is 11.3 Å². The lowest BCUT2D eigenvalue weighted by Crippen LogP contribution is -2.25. The molecule has 0 fully saturated rings. The summed E-state index contributed by atoms with van der Waals surface area (Å²) in [4.78, 5) is 25.4. The normalized spacial score (nSPS) is 11.7. The first-order valence-corrected chi connectivity index (χ1v) is 12.8. The lowest BCUT2D eigenvalue weighted by molar-refractivity contribution is 0.0944. The summed E-state index contributed by atoms with van der Waals surface area (Å²) in [6.45, 7) is 3.30. The van der Waals surface area contributed by atoms with E-state index in [-0.39, 0.29) is 11.9 Å². The number of nitrogens with one attached hydrogen (secondary N) is 2. The average Bonchev–Trinajstić information content (AvgIpc) is 3.40. The van der Waals surface area contributed by atoms with Crippen LogP contribution in [0.5, 0.6) is 11.5 Å². The van der Waals surface area contributed by atoms with Gasteiger partial charge in [0.2, 0.25) is 5.95 Å². The molecule has 2 heterocycles. The second-order valence-electron chi connectivity index (χ2n) is 8.68. The highest BCUT2D eigenvalue weighted by atomic mass is 32.1. The zero-order chi connectivity index (χ0) is 26.2. The standard InChI is InChI=1S/C28H31N5O3S/c1-19(20-8-6-5-7-9-20)30-27(34)26-13-12-25(37-26)22-14-15-29-28(32-22)31-21-10-11-23(35-4)24(18-21)36-17-16-33(2)3/h5-15,18-19H,16-17H2,1-4H3,(H,30,34)(H,29,31,32). The Kier molecular flexibility index (Phi) is 8.71. The van der Waals surface area contributed by atoms with Gasteiger partial charge in [0.1, 0.15) is 6.61 Å². The molecular formula is C28H31N5O3S. The molecule has 1 amide bonds. The molecule has 0 saturated heterocycles. The first-order chi connectivity index (χ1) is 17.9. The molecule has 0 saturated carbocycles. The highest BCUT2D eigenvalue weighted by molar-refractivity contribution is 7.17. The van der Waals surface area contributed by atoms with Gasteiger partial charge in [-0.25, -0.2) is 9.97 Å². The average molecular weight is 518 g/mol. The Bertz CT molecular complexity index is 1330. The number of benzene rings is 2. The van der Waals surface area contributed by atoms with Crippen LogP contribution in [0.2, 0.25) is 0 Å². The largest absolute Gasteiger partial charge is 0.493 e. The van der Waals surface area contributed by atoms with Crippen LogP contribution in [0, 0.1) is 0 Å². The van der Waals surface area contributed by atoms with E-state index in [1.807, 2.05) is 87.7 Å². The molecule has 0 aliphatic heterocycles. The van der Waals surface area contributed by atoms with Gasteiger partial charge in [-0.15, -0.1) is 11.3 Å². The van der Waals surface area contributed by atoms with E-state index in [0.717, 1.165) is 28.4 Å². The molecule has 0 aliphatic rings. The maximum Gasteiger partial charge on any atom is 0.261 e. The van der Waals surface area contributed by atoms with Crippen molar-refractivity contribution in [2.45, 2.75) is 13.0 Å². The van der Waals surface area contributed by atoms with Crippen molar-refractivity contribution in [2.24, 2.45) is 0 Å². The lowest BCUT2D eigenvalue weighted by atomic mass is 10.1. The molecule has 2 N–H and O–H groups in total. The van der Waals surface area contributed by atoms with Gasteiger partial charge >= 0.3 is 0 Å². The van der Waals surface area contributed by atoms with Gasteiger partial charge in [0, 0.05) is 24.5 Å². The number of likely N-dealkylation sites (N-methyl/N-ethyl adjacent to an activating group) is 1. The molecule has 1 unspecified atom stereocenters. The summed E-state index contributed by atoms with van der Waals surface area (Å²) in [5, 5.41) is 6.29. The van der Waals surface area contributed by atoms with E-state index in [9.17, 15) is 4.79 Å². The first-order valence-electron chi connectivity index (χ1n) is 11.9. The molecular weight excluding hydrogens is 486 g/mol. The van der Waals surface area contributed by atoms with Crippen molar-refractivity contribution < 1.29 is 14.3 Å². The molecule has 0 bridgehead atoms. The minimum Gasteiger partial charge on any atom is -0.493 e. The molecule has 0 aliphatic carbocycles. The molecule has 0 spiro atoms. The van der Waals surface area contributed by atoms with Crippen molar-refractivity contribution in [3.8, 4) is 22.1 Å². The smallest absolute Gasteiger partial charge is 0.261 e. The zero-order valence-corrected chi connectivity index (χ0v) is 22.2. The minimum absolute atomic E-state index is 0.0876. The molecule has 2 aromatic carbocycles. The molecule has 0 radical (unpaired) electrons. The van der Waals surface area contributed by atoms with Gasteiger partial charge in [0.05, 0.1) is 28.6 Å². The maximum absolute atomic E-state index is 12.8. The Balaban J connectivity index is 1.44. The number of amides is 1. The van der Waals surface area contributed by atoms with Gasteiger partial charge in [-0.3, -0.25) is 4.79 Å². The molecule has 4 aromatic rings. The number of ether oxygens (including phenoxy) is 2. The summed E-state index contributed by atoms with van der Waals surface area (Å²) in [7, 11) is 5.61. The van der Waals surface area contributed by atoms with E-state index in [1.54, 1.807) is 13.3 Å². The van der Waals surface area contributed by atoms with Crippen LogP contribution in [0.4, 0.5) is 11.6 Å². The number of methoxy groups -OCH3 is 1. The number of thiophene rings is 1. The molecule has 9 heteroatoms. The van der Waals surface area contributed by atoms with Crippen LogP contribution >= 0.6 is 11.3 Å². The Labute approximate surface area is 221 Å². The van der Waals surface area contributed by atoms with Crippen LogP contribution in [0.3, 0.4) is 0 Å². The van der Waals surface area contributed by atoms with Crippen LogP contribution in [0.15, 0.2) is 72.9 Å². The van der Waals surface area contributed by atoms with E-state index in [0.29, 0.717) is 28.9 Å². The number of hydrogen-bond acceptors (Lipinski definition) is 8. The Morgan fingerprint density at radius 1 is 1.05 bits per heavy atom. The Morgan fingerprint density at radius 3 is 2.62 bits per heavy atom. The summed E-state index contributed by atoms with van der Waals surface area (Å²) >= 11 is 1.39. The molecule has 2 aromatic heterocycles. The van der Waals surface area contributed by atoms with E-state index < -0.39 is 0 Å². The molecule has 8 nitrogen and oxygen atoms in total. The Morgan fingerprint density at radius 2 is 1.86 bits per heavy atom. The summed E-state index contributed by atoms with van der Waals surface area (Å²) < 4.78 is 11.3. The fourth-order valence-electron chi connectivity index (χ4n) is 3.58. The summed E-state index contributed by atoms with van der Waals surface area (Å²) in [5.74, 6) is 1.63. The van der Waals surface area contributed by atoms with Gasteiger partial charge in [-0.2, -0.15) is 0 Å². The van der Waals surface area contributed by atoms with Crippen molar-refractivity contribution in [1.82, 2.24) is 20.2 Å². The van der Waals surface area contributed by atoms with Crippen molar-refractivity contribution >= 4 is 28.9 Å². The van der Waals surface area contributed by atoms with Crippen molar-refractivity contribution in [3.05, 3.63) is 83.4 Å². The molecule has 1 atom stereocenters. The zero-order valence-electron chi connectivity index (χ0n) is 21.4. The fraction of sp³-hybridized carbons (Fsp3) is 0.250. The second kappa shape index (κ2) is 12.3. The predicted octanol–water partition coefficient (Wildman–Crippen LogP) is 5.39. The van der Waals surface area contributed by atoms with E-state index in [4.69, 9.17) is 9.47 Å². The van der Waals surface area contributed by atoms with Crippen LogP contribution in [-0.4, -0.2) is 55.1 Å². The number of hydrogen-bond donors (Lipinski definition) is 2. The van der Waals surface area contributed by atoms with Gasteiger partial charge in [-0.05, 0) is 56.9 Å². The van der Waals surface area contributed by atoms with Crippen LogP contribution < -0.4 is 20.1 Å². The van der Waals surface area contributed by atoms with Gasteiger partial charge in [0.15, 0.2) is 11.5 Å². The quantitative estimate of drug-likeness (QED) is 0.276. The van der Waals surface area contributed by atoms with Crippen molar-refractivity contribution in [1.29, 1.82) is 0 Å². The third kappa shape index (κ3) is 7.05. The van der Waals surface area contributed by atoms with Crippen molar-refractivity contribution in [2.75, 3.05) is 39.7 Å². The van der Waals surface area contributed by atoms with Gasteiger partial charge in [0.25, 0.3) is 5.91 Å². The highest BCUT2D eigenvalue weighted by Crippen LogP contribution is 2.32. The van der Waals surface area contributed by atoms with E-state index in [2.05, 4.69) is 25.5 Å². The topological polar surface area (TPSA) is 88.6 Å². The van der Waals surface area contributed by atoms with Gasteiger partial charge in [-0.1, -0.05) is 30.3 Å². The summed E-state index contributed by atoms with van der Waals surface area (Å²) in [6, 6.07) is 21.0. The number of anilines is 2. The molecule has 192 valence electrons. The highest BCUT2D eigenvalue weighted by Gasteiger charge is 2.15. The second-order valence-corrected chi connectivity index (χ2v) is 9.76. The minimum atomic E-state index is -0.111. The number of aromatic nitrogens is 2. The first kappa shape index (κ1) is 26.1. The third-order valence-electron chi connectivity index (χ3n) is 5.60. The predicted molar refractivity (Wildman–Crippen MR) is 148 cm³/mol. The summed E-state index contributed by atoms with van der Waals surface area (Å²) in [6.07, 6.45) is 1.69. The third-order valence-corrected chi connectivity index (χ3v) is 6.71. The lowest BCUT2D eigenvalue weighted by Gasteiger charge is -2.15. The molecule has 37 heavy (non-hydrogen) atoms. The van der Waals surface area contributed by atoms with E-state index >= 15 is 0 Å². The Hall–Kier alpha value is -3.95.